The number of aromatic nitrogens is 1. The molecule has 140 valence electrons. The number of thioether (sulfide) groups is 1. The van der Waals surface area contributed by atoms with Gasteiger partial charge in [-0.1, -0.05) is 20.8 Å². The van der Waals surface area contributed by atoms with Gasteiger partial charge < -0.3 is 10.6 Å². The fraction of sp³-hybridized carbons (Fsp3) is 0.421. The summed E-state index contributed by atoms with van der Waals surface area (Å²) in [4.78, 5) is 29.4. The van der Waals surface area contributed by atoms with E-state index in [-0.39, 0.29) is 22.5 Å². The third-order valence-electron chi connectivity index (χ3n) is 3.36. The van der Waals surface area contributed by atoms with Gasteiger partial charge in [0.2, 0.25) is 11.8 Å². The predicted molar refractivity (Wildman–Crippen MR) is 110 cm³/mol. The Bertz CT molecular complexity index is 764. The number of thiazole rings is 1. The van der Waals surface area contributed by atoms with Crippen LogP contribution in [0, 0.1) is 12.3 Å². The number of nitrogens with one attached hydrogen (secondary N) is 2. The van der Waals surface area contributed by atoms with Crippen molar-refractivity contribution in [3.8, 4) is 0 Å². The molecule has 5 nitrogen and oxygen atoms in total. The number of nitrogens with zero attached hydrogens (tertiary/aromatic N) is 1. The molecule has 1 atom stereocenters. The first-order chi connectivity index (χ1) is 12.1. The highest BCUT2D eigenvalue weighted by Crippen LogP contribution is 2.26. The molecule has 0 fully saturated rings. The maximum Gasteiger partial charge on any atom is 0.239 e. The molecule has 0 aliphatic heterocycles. The van der Waals surface area contributed by atoms with E-state index in [9.17, 15) is 9.59 Å². The minimum Gasteiger partial charge on any atom is -0.326 e. The van der Waals surface area contributed by atoms with Crippen LogP contribution < -0.4 is 10.6 Å². The van der Waals surface area contributed by atoms with Crippen LogP contribution in [0.25, 0.3) is 0 Å². The molecule has 1 unspecified atom stereocenters. The summed E-state index contributed by atoms with van der Waals surface area (Å²) in [6, 6.07) is 7.54. The second kappa shape index (κ2) is 8.68. The summed E-state index contributed by atoms with van der Waals surface area (Å²) in [7, 11) is 0. The van der Waals surface area contributed by atoms with Crippen molar-refractivity contribution in [1.82, 2.24) is 4.98 Å². The van der Waals surface area contributed by atoms with Gasteiger partial charge in [0.15, 0.2) is 5.13 Å². The summed E-state index contributed by atoms with van der Waals surface area (Å²) < 4.78 is 0. The Morgan fingerprint density at radius 1 is 1.19 bits per heavy atom. The van der Waals surface area contributed by atoms with E-state index in [4.69, 9.17) is 0 Å². The lowest BCUT2D eigenvalue weighted by Gasteiger charge is -2.17. The Labute approximate surface area is 163 Å². The highest BCUT2D eigenvalue weighted by atomic mass is 32.2. The van der Waals surface area contributed by atoms with E-state index in [1.54, 1.807) is 0 Å². The van der Waals surface area contributed by atoms with Crippen LogP contribution in [0.3, 0.4) is 0 Å². The predicted octanol–water partition coefficient (Wildman–Crippen LogP) is 4.95. The molecule has 0 aliphatic carbocycles. The third-order valence-corrected chi connectivity index (χ3v) is 5.35. The van der Waals surface area contributed by atoms with Crippen molar-refractivity contribution in [2.45, 2.75) is 51.2 Å². The lowest BCUT2D eigenvalue weighted by atomic mass is 9.92. The molecule has 0 spiro atoms. The first kappa shape index (κ1) is 20.5. The minimum absolute atomic E-state index is 0.00406. The van der Waals surface area contributed by atoms with E-state index in [2.05, 4.69) is 15.6 Å². The quantitative estimate of drug-likeness (QED) is 0.684. The van der Waals surface area contributed by atoms with E-state index >= 15 is 0 Å². The molecule has 2 rings (SSSR count). The molecule has 2 N–H and O–H groups in total. The van der Waals surface area contributed by atoms with E-state index in [0.717, 1.165) is 16.3 Å². The molecular formula is C19H25N3O2S2. The van der Waals surface area contributed by atoms with Crippen LogP contribution >= 0.6 is 23.1 Å². The van der Waals surface area contributed by atoms with E-state index in [0.29, 0.717) is 11.6 Å². The number of hydrogen-bond acceptors (Lipinski definition) is 5. The largest absolute Gasteiger partial charge is 0.326 e. The molecule has 7 heteroatoms. The zero-order valence-electron chi connectivity index (χ0n) is 15.8. The number of carbonyl (C=O) groups excluding carboxylic acids is 2. The molecule has 1 aromatic heterocycles. The summed E-state index contributed by atoms with van der Waals surface area (Å²) in [5.74, 6) is -0.0729. The summed E-state index contributed by atoms with van der Waals surface area (Å²) >= 11 is 2.89. The zero-order valence-corrected chi connectivity index (χ0v) is 17.4. The smallest absolute Gasteiger partial charge is 0.239 e. The molecule has 1 heterocycles. The average molecular weight is 392 g/mol. The Kier molecular flexibility index (Phi) is 6.83. The summed E-state index contributed by atoms with van der Waals surface area (Å²) in [5.41, 5.74) is 1.62. The number of rotatable bonds is 6. The van der Waals surface area contributed by atoms with Gasteiger partial charge in [-0.05, 0) is 43.5 Å². The van der Waals surface area contributed by atoms with Gasteiger partial charge in [-0.3, -0.25) is 9.59 Å². The van der Waals surface area contributed by atoms with E-state index < -0.39 is 0 Å². The minimum atomic E-state index is -0.250. The van der Waals surface area contributed by atoms with Gasteiger partial charge in [-0.15, -0.1) is 23.1 Å². The Morgan fingerprint density at radius 3 is 2.38 bits per heavy atom. The first-order valence-electron chi connectivity index (χ1n) is 8.42. The average Bonchev–Trinajstić information content (AvgIpc) is 2.92. The number of hydrogen-bond donors (Lipinski definition) is 2. The van der Waals surface area contributed by atoms with Crippen molar-refractivity contribution in [1.29, 1.82) is 0 Å². The lowest BCUT2D eigenvalue weighted by molar-refractivity contribution is -0.118. The number of carbonyl (C=O) groups is 2. The van der Waals surface area contributed by atoms with Gasteiger partial charge >= 0.3 is 0 Å². The molecular weight excluding hydrogens is 366 g/mol. The van der Waals surface area contributed by atoms with E-state index in [1.165, 1.54) is 23.1 Å². The van der Waals surface area contributed by atoms with Gasteiger partial charge in [0.25, 0.3) is 0 Å². The van der Waals surface area contributed by atoms with Gasteiger partial charge in [0, 0.05) is 22.4 Å². The fourth-order valence-electron chi connectivity index (χ4n) is 2.18. The Hall–Kier alpha value is -1.86. The fourth-order valence-corrected chi connectivity index (χ4v) is 3.74. The number of amides is 2. The van der Waals surface area contributed by atoms with Crippen LogP contribution in [0.15, 0.2) is 34.5 Å². The second-order valence-corrected chi connectivity index (χ2v) is 9.63. The molecule has 0 bridgehead atoms. The van der Waals surface area contributed by atoms with Crippen molar-refractivity contribution in [2.24, 2.45) is 5.41 Å². The summed E-state index contributed by atoms with van der Waals surface area (Å²) in [6.07, 6.45) is 0.469. The molecule has 0 radical (unpaired) electrons. The van der Waals surface area contributed by atoms with Gasteiger partial charge in [-0.25, -0.2) is 4.98 Å². The molecule has 2 aromatic rings. The number of benzene rings is 1. The highest BCUT2D eigenvalue weighted by Gasteiger charge is 2.17. The van der Waals surface area contributed by atoms with Crippen LogP contribution in [-0.4, -0.2) is 22.0 Å². The topological polar surface area (TPSA) is 71.1 Å². The van der Waals surface area contributed by atoms with Crippen molar-refractivity contribution >= 4 is 45.7 Å². The van der Waals surface area contributed by atoms with Crippen LogP contribution in [0.5, 0.6) is 0 Å². The lowest BCUT2D eigenvalue weighted by Crippen LogP contribution is -2.22. The van der Waals surface area contributed by atoms with Gasteiger partial charge in [0.1, 0.15) is 0 Å². The maximum absolute atomic E-state index is 12.2. The monoisotopic (exact) mass is 391 g/mol. The molecule has 0 saturated carbocycles. The summed E-state index contributed by atoms with van der Waals surface area (Å²) in [5, 5.41) is 8.01. The van der Waals surface area contributed by atoms with Gasteiger partial charge in [-0.2, -0.15) is 0 Å². The molecule has 2 amide bonds. The van der Waals surface area contributed by atoms with Crippen LogP contribution in [0.1, 0.15) is 39.8 Å². The highest BCUT2D eigenvalue weighted by molar-refractivity contribution is 8.00. The standard InChI is InChI=1S/C19H25N3O2S2/c1-12-11-25-18(20-12)22-17(24)13(2)26-15-8-6-14(7-9-15)21-16(23)10-19(3,4)5/h6-9,11,13H,10H2,1-5H3,(H,21,23)(H,20,22,24). The zero-order chi connectivity index (χ0) is 19.3. The molecule has 26 heavy (non-hydrogen) atoms. The number of anilines is 2. The molecule has 0 aliphatic rings. The molecule has 1 aromatic carbocycles. The van der Waals surface area contributed by atoms with Crippen LogP contribution in [0.4, 0.5) is 10.8 Å². The Balaban J connectivity index is 1.87. The SMILES string of the molecule is Cc1csc(NC(=O)C(C)Sc2ccc(NC(=O)CC(C)(C)C)cc2)n1. The summed E-state index contributed by atoms with van der Waals surface area (Å²) in [6.45, 7) is 9.86. The maximum atomic E-state index is 12.2. The van der Waals surface area contributed by atoms with Crippen molar-refractivity contribution in [3.63, 3.8) is 0 Å². The van der Waals surface area contributed by atoms with Crippen molar-refractivity contribution in [2.75, 3.05) is 10.6 Å². The van der Waals surface area contributed by atoms with Gasteiger partial charge in [0.05, 0.1) is 10.9 Å². The first-order valence-corrected chi connectivity index (χ1v) is 10.2. The Morgan fingerprint density at radius 2 is 1.85 bits per heavy atom. The number of aryl methyl sites for hydroxylation is 1. The van der Waals surface area contributed by atoms with E-state index in [1.807, 2.05) is 64.3 Å². The molecule has 0 saturated heterocycles. The van der Waals surface area contributed by atoms with Crippen LogP contribution in [-0.2, 0) is 9.59 Å². The third kappa shape index (κ3) is 6.80. The normalized spacial score (nSPS) is 12.5. The second-order valence-electron chi connectivity index (χ2n) is 7.35. The van der Waals surface area contributed by atoms with Crippen molar-refractivity contribution in [3.05, 3.63) is 35.3 Å². The van der Waals surface area contributed by atoms with Crippen LogP contribution in [0.2, 0.25) is 0 Å². The van der Waals surface area contributed by atoms with Crippen molar-refractivity contribution < 1.29 is 9.59 Å².